The Labute approximate surface area is 111 Å². The Morgan fingerprint density at radius 3 is 2.53 bits per heavy atom. The summed E-state index contributed by atoms with van der Waals surface area (Å²) in [6.07, 6.45) is 0. The zero-order valence-corrected chi connectivity index (χ0v) is 11.1. The molecule has 0 aliphatic heterocycles. The zero-order valence-electron chi connectivity index (χ0n) is 11.1. The van der Waals surface area contributed by atoms with Crippen molar-refractivity contribution in [2.24, 2.45) is 0 Å². The molecule has 1 heterocycles. The molecular weight excluding hydrogens is 242 g/mol. The largest absolute Gasteiger partial charge is 0.392 e. The number of nitrogens with one attached hydrogen (secondary N) is 1. The fourth-order valence-corrected chi connectivity index (χ4v) is 1.87. The monoisotopic (exact) mass is 259 g/mol. The average Bonchev–Trinajstić information content (AvgIpc) is 2.68. The molecule has 0 radical (unpaired) electrons. The predicted octanol–water partition coefficient (Wildman–Crippen LogP) is 1.63. The highest BCUT2D eigenvalue weighted by atomic mass is 16.3. The van der Waals surface area contributed by atoms with Crippen LogP contribution < -0.4 is 5.32 Å². The summed E-state index contributed by atoms with van der Waals surface area (Å²) in [7, 11) is 0. The number of hydrogen-bond donors (Lipinski definition) is 2. The third-order valence-corrected chi connectivity index (χ3v) is 2.82. The van der Waals surface area contributed by atoms with Crippen molar-refractivity contribution >= 4 is 11.6 Å². The molecule has 0 fully saturated rings. The highest BCUT2D eigenvalue weighted by Crippen LogP contribution is 2.10. The first-order valence-electron chi connectivity index (χ1n) is 6.09. The number of anilines is 1. The van der Waals surface area contributed by atoms with Crippen LogP contribution in [-0.4, -0.2) is 20.8 Å². The van der Waals surface area contributed by atoms with Crippen molar-refractivity contribution in [3.63, 3.8) is 0 Å². The molecule has 0 unspecified atom stereocenters. The van der Waals surface area contributed by atoms with Crippen LogP contribution in [0.3, 0.4) is 0 Å². The van der Waals surface area contributed by atoms with Crippen molar-refractivity contribution in [1.82, 2.24) is 9.78 Å². The maximum absolute atomic E-state index is 11.9. The lowest BCUT2D eigenvalue weighted by Crippen LogP contribution is -2.20. The number of nitrogens with zero attached hydrogens (tertiary/aromatic N) is 2. The zero-order chi connectivity index (χ0) is 13.8. The molecule has 0 aliphatic rings. The number of carbonyl (C=O) groups is 1. The molecule has 19 heavy (non-hydrogen) atoms. The second kappa shape index (κ2) is 5.67. The molecule has 0 atom stereocenters. The number of rotatable bonds is 4. The van der Waals surface area contributed by atoms with Crippen LogP contribution in [0.1, 0.15) is 17.0 Å². The van der Waals surface area contributed by atoms with Gasteiger partial charge < -0.3 is 10.4 Å². The Morgan fingerprint density at radius 1 is 1.32 bits per heavy atom. The first-order chi connectivity index (χ1) is 9.08. The quantitative estimate of drug-likeness (QED) is 0.877. The SMILES string of the molecule is Cc1cc(C)n(CC(=O)Nc2ccc(CO)cc2)n1. The lowest BCUT2D eigenvalue weighted by molar-refractivity contribution is -0.116. The molecule has 100 valence electrons. The maximum atomic E-state index is 11.9. The van der Waals surface area contributed by atoms with Gasteiger partial charge in [0.1, 0.15) is 6.54 Å². The van der Waals surface area contributed by atoms with E-state index in [1.165, 1.54) is 0 Å². The van der Waals surface area contributed by atoms with E-state index in [4.69, 9.17) is 5.11 Å². The Bertz CT molecular complexity index is 573. The number of hydrogen-bond acceptors (Lipinski definition) is 3. The highest BCUT2D eigenvalue weighted by Gasteiger charge is 2.07. The first kappa shape index (κ1) is 13.3. The standard InChI is InChI=1S/C14H17N3O2/c1-10-7-11(2)17(16-10)8-14(19)15-13-5-3-12(9-18)4-6-13/h3-7,18H,8-9H2,1-2H3,(H,15,19). The molecule has 1 aromatic carbocycles. The molecule has 5 nitrogen and oxygen atoms in total. The van der Waals surface area contributed by atoms with Gasteiger partial charge in [-0.2, -0.15) is 5.10 Å². The van der Waals surface area contributed by atoms with Crippen LogP contribution in [-0.2, 0) is 17.9 Å². The summed E-state index contributed by atoms with van der Waals surface area (Å²) in [6.45, 7) is 4.01. The molecule has 1 amide bonds. The van der Waals surface area contributed by atoms with E-state index in [0.29, 0.717) is 5.69 Å². The third-order valence-electron chi connectivity index (χ3n) is 2.82. The molecule has 0 saturated carbocycles. The highest BCUT2D eigenvalue weighted by molar-refractivity contribution is 5.90. The molecule has 2 N–H and O–H groups in total. The molecule has 0 aliphatic carbocycles. The topological polar surface area (TPSA) is 67.2 Å². The minimum absolute atomic E-state index is 0.0000147. The third kappa shape index (κ3) is 3.42. The van der Waals surface area contributed by atoms with Gasteiger partial charge in [0.2, 0.25) is 5.91 Å². The average molecular weight is 259 g/mol. The number of aliphatic hydroxyl groups is 1. The number of aryl methyl sites for hydroxylation is 2. The van der Waals surface area contributed by atoms with E-state index >= 15 is 0 Å². The molecular formula is C14H17N3O2. The summed E-state index contributed by atoms with van der Waals surface area (Å²) < 4.78 is 1.67. The summed E-state index contributed by atoms with van der Waals surface area (Å²) in [4.78, 5) is 11.9. The van der Waals surface area contributed by atoms with Crippen LogP contribution in [0.25, 0.3) is 0 Å². The summed E-state index contributed by atoms with van der Waals surface area (Å²) >= 11 is 0. The van der Waals surface area contributed by atoms with Crippen molar-refractivity contribution in [2.75, 3.05) is 5.32 Å². The van der Waals surface area contributed by atoms with Crippen LogP contribution in [0.2, 0.25) is 0 Å². The van der Waals surface area contributed by atoms with E-state index in [0.717, 1.165) is 17.0 Å². The number of amides is 1. The van der Waals surface area contributed by atoms with Gasteiger partial charge in [0.25, 0.3) is 0 Å². The Morgan fingerprint density at radius 2 is 2.00 bits per heavy atom. The van der Waals surface area contributed by atoms with Crippen molar-refractivity contribution < 1.29 is 9.90 Å². The Hall–Kier alpha value is -2.14. The molecule has 0 saturated heterocycles. The maximum Gasteiger partial charge on any atom is 0.246 e. The molecule has 0 spiro atoms. The molecule has 1 aromatic heterocycles. The van der Waals surface area contributed by atoms with Crippen LogP contribution in [0.4, 0.5) is 5.69 Å². The van der Waals surface area contributed by atoms with Crippen LogP contribution in [0.15, 0.2) is 30.3 Å². The lowest BCUT2D eigenvalue weighted by Gasteiger charge is -2.07. The summed E-state index contributed by atoms with van der Waals surface area (Å²) in [6, 6.07) is 9.02. The van der Waals surface area contributed by atoms with Gasteiger partial charge in [-0.3, -0.25) is 9.48 Å². The second-order valence-corrected chi connectivity index (χ2v) is 4.49. The molecule has 2 aromatic rings. The lowest BCUT2D eigenvalue weighted by atomic mass is 10.2. The number of aliphatic hydroxyl groups excluding tert-OH is 1. The van der Waals surface area contributed by atoms with E-state index in [-0.39, 0.29) is 19.1 Å². The van der Waals surface area contributed by atoms with Crippen LogP contribution in [0, 0.1) is 13.8 Å². The van der Waals surface area contributed by atoms with Crippen molar-refractivity contribution in [3.05, 3.63) is 47.3 Å². The van der Waals surface area contributed by atoms with E-state index < -0.39 is 0 Å². The summed E-state index contributed by atoms with van der Waals surface area (Å²) in [5.74, 6) is -0.122. The van der Waals surface area contributed by atoms with Crippen molar-refractivity contribution in [2.45, 2.75) is 27.0 Å². The Kier molecular flexibility index (Phi) is 3.97. The normalized spacial score (nSPS) is 10.5. The molecule has 2 rings (SSSR count). The van der Waals surface area contributed by atoms with Gasteiger partial charge >= 0.3 is 0 Å². The summed E-state index contributed by atoms with van der Waals surface area (Å²) in [5.41, 5.74) is 3.39. The fourth-order valence-electron chi connectivity index (χ4n) is 1.87. The minimum atomic E-state index is -0.122. The van der Waals surface area contributed by atoms with E-state index in [2.05, 4.69) is 10.4 Å². The van der Waals surface area contributed by atoms with Gasteiger partial charge in [0.05, 0.1) is 12.3 Å². The second-order valence-electron chi connectivity index (χ2n) is 4.49. The smallest absolute Gasteiger partial charge is 0.246 e. The van der Waals surface area contributed by atoms with E-state index in [9.17, 15) is 4.79 Å². The van der Waals surface area contributed by atoms with Gasteiger partial charge in [-0.1, -0.05) is 12.1 Å². The number of aromatic nitrogens is 2. The molecule has 0 bridgehead atoms. The van der Waals surface area contributed by atoms with Gasteiger partial charge in [-0.05, 0) is 37.6 Å². The van der Waals surface area contributed by atoms with Crippen LogP contribution >= 0.6 is 0 Å². The first-order valence-corrected chi connectivity index (χ1v) is 6.09. The molecule has 5 heteroatoms. The van der Waals surface area contributed by atoms with E-state index in [1.54, 1.807) is 28.9 Å². The van der Waals surface area contributed by atoms with Gasteiger partial charge in [-0.25, -0.2) is 0 Å². The van der Waals surface area contributed by atoms with Gasteiger partial charge in [0.15, 0.2) is 0 Å². The predicted molar refractivity (Wildman–Crippen MR) is 72.7 cm³/mol. The Balaban J connectivity index is 1.99. The summed E-state index contributed by atoms with van der Waals surface area (Å²) in [5, 5.41) is 16.0. The minimum Gasteiger partial charge on any atom is -0.392 e. The fraction of sp³-hybridized carbons (Fsp3) is 0.286. The van der Waals surface area contributed by atoms with Crippen molar-refractivity contribution in [1.29, 1.82) is 0 Å². The number of carbonyl (C=O) groups excluding carboxylic acids is 1. The van der Waals surface area contributed by atoms with Gasteiger partial charge in [0, 0.05) is 11.4 Å². The van der Waals surface area contributed by atoms with Crippen LogP contribution in [0.5, 0.6) is 0 Å². The van der Waals surface area contributed by atoms with Gasteiger partial charge in [-0.15, -0.1) is 0 Å². The van der Waals surface area contributed by atoms with Crippen molar-refractivity contribution in [3.8, 4) is 0 Å². The number of benzene rings is 1. The van der Waals surface area contributed by atoms with E-state index in [1.807, 2.05) is 19.9 Å².